The van der Waals surface area contributed by atoms with E-state index in [1.165, 1.54) is 13.0 Å². The monoisotopic (exact) mass is 204 g/mol. The molecule has 0 saturated carbocycles. The normalized spacial score (nSPS) is 11.0. The summed E-state index contributed by atoms with van der Waals surface area (Å²) in [7, 11) is 0. The van der Waals surface area contributed by atoms with Crippen molar-refractivity contribution in [2.75, 3.05) is 0 Å². The van der Waals surface area contributed by atoms with Crippen molar-refractivity contribution in [3.8, 4) is 0 Å². The lowest BCUT2D eigenvalue weighted by molar-refractivity contribution is 0.562. The molecule has 72 valence electrons. The minimum atomic E-state index is -0.648. The first-order valence-electron chi connectivity index (χ1n) is 4.09. The molecule has 0 heterocycles. The maximum absolute atomic E-state index is 13.2. The second-order valence-electron chi connectivity index (χ2n) is 3.36. The molecule has 0 spiro atoms. The summed E-state index contributed by atoms with van der Waals surface area (Å²) in [5.41, 5.74) is 0.497. The van der Waals surface area contributed by atoms with Crippen LogP contribution < -0.4 is 0 Å². The largest absolute Gasteiger partial charge is 0.207 e. The van der Waals surface area contributed by atoms with Crippen LogP contribution in [-0.4, -0.2) is 0 Å². The predicted molar refractivity (Wildman–Crippen MR) is 50.2 cm³/mol. The zero-order chi connectivity index (χ0) is 10.2. The van der Waals surface area contributed by atoms with Crippen LogP contribution in [0.4, 0.5) is 8.78 Å². The lowest BCUT2D eigenvalue weighted by Crippen LogP contribution is -1.97. The Morgan fingerprint density at radius 2 is 1.85 bits per heavy atom. The van der Waals surface area contributed by atoms with Gasteiger partial charge in [-0.15, -0.1) is 0 Å². The minimum Gasteiger partial charge on any atom is -0.207 e. The molecule has 3 heteroatoms. The smallest absolute Gasteiger partial charge is 0.147 e. The highest BCUT2D eigenvalue weighted by Crippen LogP contribution is 2.30. The van der Waals surface area contributed by atoms with Crippen molar-refractivity contribution in [3.05, 3.63) is 33.9 Å². The van der Waals surface area contributed by atoms with Crippen LogP contribution in [0.3, 0.4) is 0 Å². The summed E-state index contributed by atoms with van der Waals surface area (Å²) in [5.74, 6) is -1.16. The highest BCUT2D eigenvalue weighted by Gasteiger charge is 2.15. The van der Waals surface area contributed by atoms with E-state index in [-0.39, 0.29) is 16.5 Å². The standard InChI is InChI=1S/C10H11ClF2/c1-5(2)7-4-8(12)6(3)10(13)9(7)11/h4-5H,1-3H3. The average Bonchev–Trinajstić information content (AvgIpc) is 2.07. The van der Waals surface area contributed by atoms with Gasteiger partial charge in [0, 0.05) is 5.56 Å². The summed E-state index contributed by atoms with van der Waals surface area (Å²) in [4.78, 5) is 0. The predicted octanol–water partition coefficient (Wildman–Crippen LogP) is 4.05. The lowest BCUT2D eigenvalue weighted by Gasteiger charge is -2.10. The molecule has 13 heavy (non-hydrogen) atoms. The van der Waals surface area contributed by atoms with Crippen LogP contribution in [0.2, 0.25) is 5.02 Å². The van der Waals surface area contributed by atoms with Gasteiger partial charge >= 0.3 is 0 Å². The van der Waals surface area contributed by atoms with Crippen molar-refractivity contribution in [2.24, 2.45) is 0 Å². The summed E-state index contributed by atoms with van der Waals surface area (Å²) in [5, 5.41) is 0.0360. The third kappa shape index (κ3) is 1.83. The zero-order valence-corrected chi connectivity index (χ0v) is 8.54. The molecule has 0 radical (unpaired) electrons. The first kappa shape index (κ1) is 10.5. The maximum atomic E-state index is 13.2. The summed E-state index contributed by atoms with van der Waals surface area (Å²) >= 11 is 5.72. The van der Waals surface area contributed by atoms with Crippen LogP contribution in [0.25, 0.3) is 0 Å². The molecule has 0 atom stereocenters. The number of halogens is 3. The first-order valence-corrected chi connectivity index (χ1v) is 4.47. The van der Waals surface area contributed by atoms with Gasteiger partial charge in [0.2, 0.25) is 0 Å². The van der Waals surface area contributed by atoms with Gasteiger partial charge in [0.15, 0.2) is 0 Å². The van der Waals surface area contributed by atoms with Gasteiger partial charge in [0.1, 0.15) is 11.6 Å². The van der Waals surface area contributed by atoms with E-state index in [2.05, 4.69) is 0 Å². The third-order valence-corrected chi connectivity index (χ3v) is 2.42. The van der Waals surface area contributed by atoms with Gasteiger partial charge in [-0.05, 0) is 24.5 Å². The van der Waals surface area contributed by atoms with E-state index < -0.39 is 11.6 Å². The molecule has 0 aliphatic carbocycles. The molecular weight excluding hydrogens is 194 g/mol. The number of hydrogen-bond donors (Lipinski definition) is 0. The van der Waals surface area contributed by atoms with Crippen LogP contribution in [0, 0.1) is 18.6 Å². The van der Waals surface area contributed by atoms with E-state index in [0.717, 1.165) is 0 Å². The van der Waals surface area contributed by atoms with Gasteiger partial charge < -0.3 is 0 Å². The molecular formula is C10H11ClF2. The summed E-state index contributed by atoms with van der Waals surface area (Å²) < 4.78 is 26.3. The van der Waals surface area contributed by atoms with Gasteiger partial charge in [-0.3, -0.25) is 0 Å². The summed E-state index contributed by atoms with van der Waals surface area (Å²) in [6, 6.07) is 1.30. The molecule has 0 saturated heterocycles. The first-order chi connectivity index (χ1) is 5.95. The maximum Gasteiger partial charge on any atom is 0.147 e. The molecule has 0 aliphatic heterocycles. The van der Waals surface area contributed by atoms with Gasteiger partial charge in [-0.25, -0.2) is 8.78 Å². The topological polar surface area (TPSA) is 0 Å². The Bertz CT molecular complexity index is 332. The van der Waals surface area contributed by atoms with Crippen molar-refractivity contribution >= 4 is 11.6 Å². The Morgan fingerprint density at radius 1 is 1.31 bits per heavy atom. The summed E-state index contributed by atoms with van der Waals surface area (Å²) in [6.45, 7) is 5.06. The van der Waals surface area contributed by atoms with Crippen molar-refractivity contribution < 1.29 is 8.78 Å². The van der Waals surface area contributed by atoms with E-state index in [1.807, 2.05) is 13.8 Å². The van der Waals surface area contributed by atoms with E-state index >= 15 is 0 Å². The molecule has 0 bridgehead atoms. The van der Waals surface area contributed by atoms with Crippen LogP contribution in [0.15, 0.2) is 6.07 Å². The van der Waals surface area contributed by atoms with Crippen LogP contribution >= 0.6 is 11.6 Å². The van der Waals surface area contributed by atoms with Gasteiger partial charge in [0.25, 0.3) is 0 Å². The molecule has 0 unspecified atom stereocenters. The quantitative estimate of drug-likeness (QED) is 0.606. The highest BCUT2D eigenvalue weighted by molar-refractivity contribution is 6.31. The molecule has 0 nitrogen and oxygen atoms in total. The Morgan fingerprint density at radius 3 is 2.31 bits per heavy atom. The molecule has 0 aromatic heterocycles. The fourth-order valence-electron chi connectivity index (χ4n) is 1.12. The van der Waals surface area contributed by atoms with E-state index in [9.17, 15) is 8.78 Å². The zero-order valence-electron chi connectivity index (χ0n) is 7.79. The van der Waals surface area contributed by atoms with Crippen molar-refractivity contribution in [1.82, 2.24) is 0 Å². The number of hydrogen-bond acceptors (Lipinski definition) is 0. The van der Waals surface area contributed by atoms with Gasteiger partial charge in [-0.2, -0.15) is 0 Å². The minimum absolute atomic E-state index is 0.0191. The third-order valence-electron chi connectivity index (χ3n) is 2.04. The lowest BCUT2D eigenvalue weighted by atomic mass is 10.0. The molecule has 0 aliphatic rings. The van der Waals surface area contributed by atoms with Crippen LogP contribution in [0.1, 0.15) is 30.9 Å². The van der Waals surface area contributed by atoms with Gasteiger partial charge in [0.05, 0.1) is 5.02 Å². The van der Waals surface area contributed by atoms with E-state index in [0.29, 0.717) is 5.56 Å². The van der Waals surface area contributed by atoms with Gasteiger partial charge in [-0.1, -0.05) is 25.4 Å². The second kappa shape index (κ2) is 3.62. The van der Waals surface area contributed by atoms with Crippen LogP contribution in [-0.2, 0) is 0 Å². The molecule has 1 aromatic carbocycles. The SMILES string of the molecule is Cc1c(F)cc(C(C)C)c(Cl)c1F. The molecule has 0 N–H and O–H groups in total. The average molecular weight is 205 g/mol. The Hall–Kier alpha value is -0.630. The Balaban J connectivity index is 3.41. The molecule has 1 rings (SSSR count). The number of benzene rings is 1. The van der Waals surface area contributed by atoms with E-state index in [1.54, 1.807) is 0 Å². The Labute approximate surface area is 81.5 Å². The second-order valence-corrected chi connectivity index (χ2v) is 3.73. The molecule has 0 fully saturated rings. The molecule has 0 amide bonds. The van der Waals surface area contributed by atoms with Crippen LogP contribution in [0.5, 0.6) is 0 Å². The molecule has 1 aromatic rings. The van der Waals surface area contributed by atoms with E-state index in [4.69, 9.17) is 11.6 Å². The van der Waals surface area contributed by atoms with Crippen molar-refractivity contribution in [2.45, 2.75) is 26.7 Å². The van der Waals surface area contributed by atoms with Crippen molar-refractivity contribution in [3.63, 3.8) is 0 Å². The van der Waals surface area contributed by atoms with Crippen molar-refractivity contribution in [1.29, 1.82) is 0 Å². The fourth-order valence-corrected chi connectivity index (χ4v) is 1.54. The number of rotatable bonds is 1. The summed E-state index contributed by atoms with van der Waals surface area (Å²) in [6.07, 6.45) is 0. The Kier molecular flexibility index (Phi) is 2.91. The fraction of sp³-hybridized carbons (Fsp3) is 0.400. The highest BCUT2D eigenvalue weighted by atomic mass is 35.5.